The number of likely N-dealkylation sites (N-methyl/N-ethyl adjacent to an activating group) is 1. The summed E-state index contributed by atoms with van der Waals surface area (Å²) in [6.07, 6.45) is 5.43. The van der Waals surface area contributed by atoms with Crippen LogP contribution in [0.15, 0.2) is 0 Å². The molecule has 1 N–H and O–H groups in total. The van der Waals surface area contributed by atoms with Gasteiger partial charge in [0.25, 0.3) is 0 Å². The minimum atomic E-state index is 0.646. The summed E-state index contributed by atoms with van der Waals surface area (Å²) < 4.78 is 0. The second kappa shape index (κ2) is 6.61. The van der Waals surface area contributed by atoms with Gasteiger partial charge in [-0.05, 0) is 39.7 Å². The third-order valence-corrected chi connectivity index (χ3v) is 4.49. The average Bonchev–Trinajstić information content (AvgIpc) is 2.28. The van der Waals surface area contributed by atoms with Gasteiger partial charge in [-0.2, -0.15) is 0 Å². The summed E-state index contributed by atoms with van der Waals surface area (Å²) in [5, 5.41) is 3.50. The van der Waals surface area contributed by atoms with Gasteiger partial charge in [-0.25, -0.2) is 0 Å². The number of nitrogens with zero attached hydrogens (tertiary/aromatic N) is 1. The summed E-state index contributed by atoms with van der Waals surface area (Å²) in [5.41, 5.74) is 0. The molecule has 0 aromatic rings. The molecule has 1 heterocycles. The fraction of sp³-hybridized carbons (Fsp3) is 1.00. The lowest BCUT2D eigenvalue weighted by Crippen LogP contribution is -2.51. The fourth-order valence-electron chi connectivity index (χ4n) is 2.90. The van der Waals surface area contributed by atoms with Crippen molar-refractivity contribution in [3.8, 4) is 0 Å². The van der Waals surface area contributed by atoms with Crippen LogP contribution in [0.5, 0.6) is 0 Å². The van der Waals surface area contributed by atoms with Crippen LogP contribution in [0.1, 0.15) is 53.4 Å². The topological polar surface area (TPSA) is 15.3 Å². The largest absolute Gasteiger partial charge is 0.315 e. The molecule has 2 nitrogen and oxygen atoms in total. The molecule has 1 rings (SSSR count). The highest BCUT2D eigenvalue weighted by atomic mass is 15.2. The summed E-state index contributed by atoms with van der Waals surface area (Å²) in [6.45, 7) is 10.6. The van der Waals surface area contributed by atoms with Crippen molar-refractivity contribution in [2.45, 2.75) is 71.5 Å². The fourth-order valence-corrected chi connectivity index (χ4v) is 2.90. The Labute approximate surface area is 102 Å². The van der Waals surface area contributed by atoms with Crippen molar-refractivity contribution in [2.75, 3.05) is 13.6 Å². The zero-order chi connectivity index (χ0) is 12.1. The third-order valence-electron chi connectivity index (χ3n) is 4.49. The summed E-state index contributed by atoms with van der Waals surface area (Å²) >= 11 is 0. The Bertz CT molecular complexity index is 183. The van der Waals surface area contributed by atoms with E-state index in [1.54, 1.807) is 0 Å². The van der Waals surface area contributed by atoms with E-state index >= 15 is 0 Å². The van der Waals surface area contributed by atoms with Crippen molar-refractivity contribution in [1.29, 1.82) is 0 Å². The summed E-state index contributed by atoms with van der Waals surface area (Å²) in [4.78, 5) is 2.71. The summed E-state index contributed by atoms with van der Waals surface area (Å²) in [6, 6.07) is 2.18. The van der Waals surface area contributed by atoms with E-state index in [1.807, 2.05) is 0 Å². The molecule has 1 fully saturated rings. The monoisotopic (exact) mass is 226 g/mol. The maximum Gasteiger partial charge on any atom is 0.0217 e. The van der Waals surface area contributed by atoms with Crippen LogP contribution < -0.4 is 5.32 Å². The minimum absolute atomic E-state index is 0.646. The van der Waals surface area contributed by atoms with Gasteiger partial charge in [0.2, 0.25) is 0 Å². The van der Waals surface area contributed by atoms with Crippen LogP contribution in [0.4, 0.5) is 0 Å². The van der Waals surface area contributed by atoms with E-state index in [9.17, 15) is 0 Å². The number of hydrogen-bond donors (Lipinski definition) is 1. The molecular formula is C14H30N2. The average molecular weight is 226 g/mol. The molecule has 0 aromatic carbocycles. The number of rotatable bonds is 5. The van der Waals surface area contributed by atoms with Gasteiger partial charge in [0.1, 0.15) is 0 Å². The van der Waals surface area contributed by atoms with Gasteiger partial charge in [-0.15, -0.1) is 0 Å². The first-order valence-electron chi connectivity index (χ1n) is 7.03. The van der Waals surface area contributed by atoms with Crippen LogP contribution in [0.25, 0.3) is 0 Å². The minimum Gasteiger partial charge on any atom is -0.315 e. The van der Waals surface area contributed by atoms with Gasteiger partial charge < -0.3 is 5.32 Å². The first kappa shape index (κ1) is 14.0. The first-order chi connectivity index (χ1) is 7.60. The van der Waals surface area contributed by atoms with E-state index in [0.717, 1.165) is 18.0 Å². The molecule has 0 aromatic heterocycles. The van der Waals surface area contributed by atoms with Crippen molar-refractivity contribution >= 4 is 0 Å². The molecule has 1 aliphatic heterocycles. The van der Waals surface area contributed by atoms with E-state index in [0.29, 0.717) is 6.04 Å². The van der Waals surface area contributed by atoms with Crippen molar-refractivity contribution < 1.29 is 0 Å². The Kier molecular flexibility index (Phi) is 5.77. The molecule has 2 heteroatoms. The lowest BCUT2D eigenvalue weighted by molar-refractivity contribution is 0.0830. The summed E-state index contributed by atoms with van der Waals surface area (Å²) in [5.74, 6) is 0.770. The molecule has 1 aliphatic rings. The highest BCUT2D eigenvalue weighted by Crippen LogP contribution is 2.23. The first-order valence-corrected chi connectivity index (χ1v) is 7.03. The lowest BCUT2D eigenvalue weighted by Gasteiger charge is -2.42. The molecule has 2 unspecified atom stereocenters. The Morgan fingerprint density at radius 3 is 2.25 bits per heavy atom. The highest BCUT2D eigenvalue weighted by molar-refractivity contribution is 4.84. The summed E-state index contributed by atoms with van der Waals surface area (Å²) in [7, 11) is 2.11. The Morgan fingerprint density at radius 1 is 1.25 bits per heavy atom. The maximum atomic E-state index is 3.50. The van der Waals surface area contributed by atoms with E-state index in [4.69, 9.17) is 0 Å². The van der Waals surface area contributed by atoms with Crippen LogP contribution >= 0.6 is 0 Å². The number of nitrogens with one attached hydrogen (secondary N) is 1. The standard InChI is InChI=1S/C14H30N2/c1-6-11(2)14(15-5)10-16-12(3)8-7-9-13(16)4/h11-15H,6-10H2,1-5H3/t11?,12-,13+,14?. The van der Waals surface area contributed by atoms with Gasteiger partial charge in [0.15, 0.2) is 0 Å². The molecule has 0 spiro atoms. The van der Waals surface area contributed by atoms with Gasteiger partial charge >= 0.3 is 0 Å². The predicted octanol–water partition coefficient (Wildman–Crippen LogP) is 2.88. The third kappa shape index (κ3) is 3.46. The highest BCUT2D eigenvalue weighted by Gasteiger charge is 2.27. The second-order valence-electron chi connectivity index (χ2n) is 5.61. The maximum absolute atomic E-state index is 3.50. The van der Waals surface area contributed by atoms with E-state index < -0.39 is 0 Å². The van der Waals surface area contributed by atoms with Crippen LogP contribution in [0, 0.1) is 5.92 Å². The number of hydrogen-bond acceptors (Lipinski definition) is 2. The molecule has 0 amide bonds. The van der Waals surface area contributed by atoms with Crippen molar-refractivity contribution in [3.63, 3.8) is 0 Å². The normalized spacial score (nSPS) is 31.3. The van der Waals surface area contributed by atoms with Gasteiger partial charge in [0, 0.05) is 24.7 Å². The molecule has 0 aliphatic carbocycles. The van der Waals surface area contributed by atoms with E-state index in [2.05, 4.69) is 45.0 Å². The van der Waals surface area contributed by atoms with Crippen LogP contribution in [0.2, 0.25) is 0 Å². The van der Waals surface area contributed by atoms with Crippen molar-refractivity contribution in [1.82, 2.24) is 10.2 Å². The van der Waals surface area contributed by atoms with Crippen molar-refractivity contribution in [2.24, 2.45) is 5.92 Å². The lowest BCUT2D eigenvalue weighted by atomic mass is 9.93. The Balaban J connectivity index is 2.54. The predicted molar refractivity (Wildman–Crippen MR) is 71.8 cm³/mol. The van der Waals surface area contributed by atoms with E-state index in [1.165, 1.54) is 32.2 Å². The molecule has 0 saturated carbocycles. The van der Waals surface area contributed by atoms with Crippen LogP contribution in [-0.2, 0) is 0 Å². The zero-order valence-corrected chi connectivity index (χ0v) is 11.8. The molecular weight excluding hydrogens is 196 g/mol. The smallest absolute Gasteiger partial charge is 0.0217 e. The van der Waals surface area contributed by atoms with Crippen LogP contribution in [0.3, 0.4) is 0 Å². The molecule has 1 saturated heterocycles. The Morgan fingerprint density at radius 2 is 1.81 bits per heavy atom. The molecule has 0 bridgehead atoms. The Hall–Kier alpha value is -0.0800. The van der Waals surface area contributed by atoms with Gasteiger partial charge in [-0.3, -0.25) is 4.90 Å². The zero-order valence-electron chi connectivity index (χ0n) is 11.8. The molecule has 96 valence electrons. The molecule has 16 heavy (non-hydrogen) atoms. The quantitative estimate of drug-likeness (QED) is 0.775. The number of piperidine rings is 1. The van der Waals surface area contributed by atoms with Gasteiger partial charge in [0.05, 0.1) is 0 Å². The SMILES string of the molecule is CCC(C)C(CN1[C@H](C)CCC[C@@H]1C)NC. The van der Waals surface area contributed by atoms with Crippen molar-refractivity contribution in [3.05, 3.63) is 0 Å². The van der Waals surface area contributed by atoms with Gasteiger partial charge in [-0.1, -0.05) is 26.7 Å². The van der Waals surface area contributed by atoms with Crippen LogP contribution in [-0.4, -0.2) is 36.6 Å². The van der Waals surface area contributed by atoms with E-state index in [-0.39, 0.29) is 0 Å². The number of likely N-dealkylation sites (tertiary alicyclic amines) is 1. The second-order valence-corrected chi connectivity index (χ2v) is 5.61. The molecule has 0 radical (unpaired) electrons. The molecule has 4 atom stereocenters.